The van der Waals surface area contributed by atoms with Gasteiger partial charge >= 0.3 is 0 Å². The lowest BCUT2D eigenvalue weighted by molar-refractivity contribution is 1.08. The van der Waals surface area contributed by atoms with Crippen LogP contribution in [0.25, 0.3) is 107 Å². The van der Waals surface area contributed by atoms with Crippen molar-refractivity contribution in [2.75, 3.05) is 0 Å². The molecular formula is C46H26N4S2. The van der Waals surface area contributed by atoms with Gasteiger partial charge in [0.25, 0.3) is 0 Å². The first-order chi connectivity index (χ1) is 25.8. The average molecular weight is 699 g/mol. The zero-order chi connectivity index (χ0) is 33.9. The summed E-state index contributed by atoms with van der Waals surface area (Å²) >= 11 is 3.71. The topological polar surface area (TPSA) is 35.6 Å². The third kappa shape index (κ3) is 3.74. The van der Waals surface area contributed by atoms with Gasteiger partial charge in [0, 0.05) is 52.8 Å². The van der Waals surface area contributed by atoms with E-state index in [1.54, 1.807) is 6.33 Å². The first-order valence-corrected chi connectivity index (χ1v) is 19.0. The molecule has 12 rings (SSSR count). The van der Waals surface area contributed by atoms with E-state index in [0.717, 1.165) is 32.8 Å². The monoisotopic (exact) mass is 698 g/mol. The van der Waals surface area contributed by atoms with Crippen LogP contribution in [-0.2, 0) is 0 Å². The quantitative estimate of drug-likeness (QED) is 0.184. The molecule has 0 atom stereocenters. The summed E-state index contributed by atoms with van der Waals surface area (Å²) in [6.45, 7) is 0. The van der Waals surface area contributed by atoms with Gasteiger partial charge in [0.1, 0.15) is 6.33 Å². The minimum absolute atomic E-state index is 0.916. The van der Waals surface area contributed by atoms with Crippen molar-refractivity contribution in [1.82, 2.24) is 19.1 Å². The minimum atomic E-state index is 0.916. The van der Waals surface area contributed by atoms with E-state index in [-0.39, 0.29) is 0 Å². The second kappa shape index (κ2) is 10.6. The SMILES string of the molecule is c1ccc(-c2ccc(-n3c4ccccc4c4c5sc6ccccc6c5c5c6ncnc(-n7c8ccccc8c8ccccc87)c6sc5c43)cc2)cc1. The van der Waals surface area contributed by atoms with Gasteiger partial charge in [-0.1, -0.05) is 115 Å². The van der Waals surface area contributed by atoms with Crippen LogP contribution in [0, 0.1) is 0 Å². The Morgan fingerprint density at radius 2 is 1.00 bits per heavy atom. The van der Waals surface area contributed by atoms with Gasteiger partial charge in [-0.2, -0.15) is 0 Å². The molecule has 6 heteroatoms. The largest absolute Gasteiger partial charge is 0.308 e. The molecule has 7 aromatic carbocycles. The molecule has 0 amide bonds. The number of thiophene rings is 2. The van der Waals surface area contributed by atoms with Crippen molar-refractivity contribution in [2.45, 2.75) is 0 Å². The molecule has 0 aliphatic carbocycles. The van der Waals surface area contributed by atoms with Crippen LogP contribution >= 0.6 is 22.7 Å². The molecule has 0 fully saturated rings. The molecule has 0 saturated heterocycles. The second-order valence-electron chi connectivity index (χ2n) is 13.3. The van der Waals surface area contributed by atoms with E-state index >= 15 is 0 Å². The third-order valence-corrected chi connectivity index (χ3v) is 13.0. The van der Waals surface area contributed by atoms with Gasteiger partial charge in [-0.3, -0.25) is 4.57 Å². The Hall–Kier alpha value is -6.34. The molecule has 5 heterocycles. The molecule has 0 radical (unpaired) electrons. The van der Waals surface area contributed by atoms with Gasteiger partial charge in [0.05, 0.1) is 37.0 Å². The van der Waals surface area contributed by atoms with Gasteiger partial charge in [0.2, 0.25) is 0 Å². The molecule has 0 unspecified atom stereocenters. The number of para-hydroxylation sites is 3. The summed E-state index contributed by atoms with van der Waals surface area (Å²) in [6, 6.07) is 54.7. The van der Waals surface area contributed by atoms with Crippen LogP contribution < -0.4 is 0 Å². The Balaban J connectivity index is 1.27. The lowest BCUT2D eigenvalue weighted by Gasteiger charge is -2.10. The van der Waals surface area contributed by atoms with E-state index in [0.29, 0.717) is 0 Å². The van der Waals surface area contributed by atoms with E-state index in [9.17, 15) is 0 Å². The fourth-order valence-electron chi connectivity index (χ4n) is 8.46. The molecule has 4 nitrogen and oxygen atoms in total. The third-order valence-electron chi connectivity index (χ3n) is 10.6. The maximum atomic E-state index is 5.13. The summed E-state index contributed by atoms with van der Waals surface area (Å²) in [7, 11) is 0. The van der Waals surface area contributed by atoms with Gasteiger partial charge in [-0.25, -0.2) is 9.97 Å². The smallest absolute Gasteiger partial charge is 0.159 e. The lowest BCUT2D eigenvalue weighted by Crippen LogP contribution is -1.98. The number of hydrogen-bond acceptors (Lipinski definition) is 4. The van der Waals surface area contributed by atoms with E-state index in [1.165, 1.54) is 74.0 Å². The molecule has 5 aromatic heterocycles. The molecule has 0 N–H and O–H groups in total. The highest BCUT2D eigenvalue weighted by Gasteiger charge is 2.26. The van der Waals surface area contributed by atoms with E-state index in [1.807, 2.05) is 22.7 Å². The minimum Gasteiger partial charge on any atom is -0.308 e. The molecule has 0 aliphatic rings. The predicted octanol–water partition coefficient (Wildman–Crippen LogP) is 13.1. The van der Waals surface area contributed by atoms with E-state index in [4.69, 9.17) is 9.97 Å². The van der Waals surface area contributed by atoms with Gasteiger partial charge in [-0.15, -0.1) is 22.7 Å². The first-order valence-electron chi connectivity index (χ1n) is 17.4. The Morgan fingerprint density at radius 3 is 1.73 bits per heavy atom. The lowest BCUT2D eigenvalue weighted by atomic mass is 10.0. The zero-order valence-corrected chi connectivity index (χ0v) is 29.2. The normalized spacial score (nSPS) is 12.2. The summed E-state index contributed by atoms with van der Waals surface area (Å²) in [6.07, 6.45) is 1.76. The van der Waals surface area contributed by atoms with Crippen molar-refractivity contribution >= 4 is 107 Å². The molecule has 242 valence electrons. The number of nitrogens with zero attached hydrogens (tertiary/aromatic N) is 4. The summed E-state index contributed by atoms with van der Waals surface area (Å²) in [5.41, 5.74) is 9.26. The van der Waals surface area contributed by atoms with Crippen LogP contribution in [0.4, 0.5) is 0 Å². The van der Waals surface area contributed by atoms with Crippen LogP contribution in [0.1, 0.15) is 0 Å². The van der Waals surface area contributed by atoms with Crippen molar-refractivity contribution < 1.29 is 0 Å². The Bertz CT molecular complexity index is 3350. The summed E-state index contributed by atoms with van der Waals surface area (Å²) < 4.78 is 9.72. The highest BCUT2D eigenvalue weighted by molar-refractivity contribution is 7.29. The highest BCUT2D eigenvalue weighted by atomic mass is 32.1. The fourth-order valence-corrected chi connectivity index (χ4v) is 11.0. The van der Waals surface area contributed by atoms with Gasteiger partial charge < -0.3 is 4.57 Å². The number of aromatic nitrogens is 4. The number of rotatable bonds is 3. The van der Waals surface area contributed by atoms with Crippen LogP contribution in [0.3, 0.4) is 0 Å². The van der Waals surface area contributed by atoms with Gasteiger partial charge in [0.15, 0.2) is 5.82 Å². The molecule has 12 aromatic rings. The van der Waals surface area contributed by atoms with Crippen LogP contribution in [0.2, 0.25) is 0 Å². The number of benzene rings is 7. The molecule has 0 bridgehead atoms. The van der Waals surface area contributed by atoms with Gasteiger partial charge in [-0.05, 0) is 47.5 Å². The maximum absolute atomic E-state index is 5.13. The Kier molecular flexibility index (Phi) is 5.78. The first kappa shape index (κ1) is 28.4. The Morgan fingerprint density at radius 1 is 0.404 bits per heavy atom. The van der Waals surface area contributed by atoms with Crippen LogP contribution in [0.5, 0.6) is 0 Å². The van der Waals surface area contributed by atoms with Crippen molar-refractivity contribution in [2.24, 2.45) is 0 Å². The van der Waals surface area contributed by atoms with Crippen molar-refractivity contribution in [1.29, 1.82) is 0 Å². The second-order valence-corrected chi connectivity index (χ2v) is 15.4. The molecule has 0 saturated carbocycles. The predicted molar refractivity (Wildman–Crippen MR) is 222 cm³/mol. The average Bonchev–Trinajstić information content (AvgIpc) is 3.96. The summed E-state index contributed by atoms with van der Waals surface area (Å²) in [5, 5.41) is 8.75. The standard InChI is InChI=1S/C46H26N4S2/c1-2-12-27(13-3-1)28-22-24-29(25-23-28)49-36-20-10-6-16-32(36)39-42(49)44-40(38-33-17-7-11-21-37(33)51-43(38)39)41-45(52-44)46(48-26-47-41)50-34-18-8-4-14-30(34)31-15-5-9-19-35(31)50/h1-26H. The molecular weight excluding hydrogens is 673 g/mol. The van der Waals surface area contributed by atoms with Crippen molar-refractivity contribution in [3.63, 3.8) is 0 Å². The molecule has 52 heavy (non-hydrogen) atoms. The maximum Gasteiger partial charge on any atom is 0.159 e. The molecule has 0 spiro atoms. The molecule has 0 aliphatic heterocycles. The number of hydrogen-bond donors (Lipinski definition) is 0. The van der Waals surface area contributed by atoms with E-state index in [2.05, 4.69) is 161 Å². The van der Waals surface area contributed by atoms with E-state index < -0.39 is 0 Å². The summed E-state index contributed by atoms with van der Waals surface area (Å²) in [5.74, 6) is 0.916. The zero-order valence-electron chi connectivity index (χ0n) is 27.6. The summed E-state index contributed by atoms with van der Waals surface area (Å²) in [4.78, 5) is 10.2. The highest BCUT2D eigenvalue weighted by Crippen LogP contribution is 2.52. The van der Waals surface area contributed by atoms with Crippen LogP contribution in [-0.4, -0.2) is 19.1 Å². The van der Waals surface area contributed by atoms with Crippen molar-refractivity contribution in [3.8, 4) is 22.6 Å². The van der Waals surface area contributed by atoms with Crippen LogP contribution in [0.15, 0.2) is 158 Å². The Labute approximate surface area is 305 Å². The number of fused-ring (bicyclic) bond motifs is 15. The van der Waals surface area contributed by atoms with Crippen molar-refractivity contribution in [3.05, 3.63) is 158 Å². The fraction of sp³-hybridized carbons (Fsp3) is 0.